The van der Waals surface area contributed by atoms with E-state index in [0.717, 1.165) is 4.31 Å². The van der Waals surface area contributed by atoms with Crippen LogP contribution < -0.4 is 10.1 Å². The standard InChI is InChI=1S/C14H17ClN2O6S/c1-16-13(18)10-5-9(15)6-11(12(10)23-2)24(21,22)17-4-3-8(7-17)14(19)20/h5-6,8H,3-4,7H2,1-2H3,(H,16,18)(H,19,20). The maximum atomic E-state index is 12.9. The van der Waals surface area contributed by atoms with E-state index in [1.165, 1.54) is 26.3 Å². The summed E-state index contributed by atoms with van der Waals surface area (Å²) < 4.78 is 31.9. The normalized spacial score (nSPS) is 18.4. The van der Waals surface area contributed by atoms with Crippen LogP contribution in [0, 0.1) is 5.92 Å². The molecule has 0 saturated carbocycles. The predicted molar refractivity (Wildman–Crippen MR) is 85.9 cm³/mol. The molecule has 1 amide bonds. The summed E-state index contributed by atoms with van der Waals surface area (Å²) in [4.78, 5) is 22.7. The summed E-state index contributed by atoms with van der Waals surface area (Å²) in [5.74, 6) is -2.48. The third-order valence-electron chi connectivity index (χ3n) is 3.81. The van der Waals surface area contributed by atoms with Gasteiger partial charge in [-0.25, -0.2) is 8.42 Å². The third-order valence-corrected chi connectivity index (χ3v) is 5.90. The lowest BCUT2D eigenvalue weighted by atomic mass is 10.1. The molecular formula is C14H17ClN2O6S. The molecule has 2 rings (SSSR count). The number of ether oxygens (including phenoxy) is 1. The molecule has 1 atom stereocenters. The molecule has 0 spiro atoms. The van der Waals surface area contributed by atoms with Gasteiger partial charge in [0.1, 0.15) is 4.90 Å². The van der Waals surface area contributed by atoms with Crippen LogP contribution in [0.3, 0.4) is 0 Å². The van der Waals surface area contributed by atoms with Crippen molar-refractivity contribution in [2.45, 2.75) is 11.3 Å². The summed E-state index contributed by atoms with van der Waals surface area (Å²) in [7, 11) is -1.41. The quantitative estimate of drug-likeness (QED) is 0.786. The molecule has 10 heteroatoms. The summed E-state index contributed by atoms with van der Waals surface area (Å²) in [6.07, 6.45) is 0.222. The number of carboxylic acids is 1. The van der Waals surface area contributed by atoms with Crippen LogP contribution in [0.2, 0.25) is 5.02 Å². The Balaban J connectivity index is 2.53. The highest BCUT2D eigenvalue weighted by atomic mass is 35.5. The number of hydrogen-bond acceptors (Lipinski definition) is 5. The highest BCUT2D eigenvalue weighted by Crippen LogP contribution is 2.35. The molecule has 0 aliphatic carbocycles. The maximum Gasteiger partial charge on any atom is 0.307 e. The van der Waals surface area contributed by atoms with Crippen LogP contribution in [0.5, 0.6) is 5.75 Å². The number of sulfonamides is 1. The lowest BCUT2D eigenvalue weighted by molar-refractivity contribution is -0.141. The summed E-state index contributed by atoms with van der Waals surface area (Å²) in [5, 5.41) is 11.5. The number of rotatable bonds is 5. The molecule has 8 nitrogen and oxygen atoms in total. The van der Waals surface area contributed by atoms with Gasteiger partial charge in [0.2, 0.25) is 10.0 Å². The minimum absolute atomic E-state index is 0.0138. The number of carboxylic acid groups (broad SMARTS) is 1. The van der Waals surface area contributed by atoms with Crippen LogP contribution in [-0.2, 0) is 14.8 Å². The van der Waals surface area contributed by atoms with Gasteiger partial charge in [-0.05, 0) is 18.6 Å². The molecule has 0 radical (unpaired) electrons. The van der Waals surface area contributed by atoms with Crippen molar-refractivity contribution in [1.29, 1.82) is 0 Å². The topological polar surface area (TPSA) is 113 Å². The summed E-state index contributed by atoms with van der Waals surface area (Å²) in [6, 6.07) is 2.50. The number of benzene rings is 1. The van der Waals surface area contributed by atoms with Gasteiger partial charge in [0, 0.05) is 25.2 Å². The van der Waals surface area contributed by atoms with Crippen LogP contribution >= 0.6 is 11.6 Å². The van der Waals surface area contributed by atoms with E-state index in [4.69, 9.17) is 21.4 Å². The van der Waals surface area contributed by atoms with Crippen molar-refractivity contribution >= 4 is 33.5 Å². The first kappa shape index (κ1) is 18.5. The average Bonchev–Trinajstić information content (AvgIpc) is 3.04. The second-order valence-electron chi connectivity index (χ2n) is 5.25. The SMILES string of the molecule is CNC(=O)c1cc(Cl)cc(S(=O)(=O)N2CCC(C(=O)O)C2)c1OC. The Morgan fingerprint density at radius 2 is 2.08 bits per heavy atom. The van der Waals surface area contributed by atoms with Crippen molar-refractivity contribution < 1.29 is 27.9 Å². The van der Waals surface area contributed by atoms with Crippen molar-refractivity contribution in [2.24, 2.45) is 5.92 Å². The Morgan fingerprint density at radius 3 is 2.58 bits per heavy atom. The van der Waals surface area contributed by atoms with Gasteiger partial charge in [0.15, 0.2) is 5.75 Å². The number of hydrogen-bond donors (Lipinski definition) is 2. The van der Waals surface area contributed by atoms with E-state index in [0.29, 0.717) is 0 Å². The third kappa shape index (κ3) is 3.33. The van der Waals surface area contributed by atoms with Gasteiger partial charge < -0.3 is 15.2 Å². The van der Waals surface area contributed by atoms with Crippen LogP contribution in [0.4, 0.5) is 0 Å². The van der Waals surface area contributed by atoms with E-state index in [2.05, 4.69) is 5.32 Å². The van der Waals surface area contributed by atoms with E-state index in [1.807, 2.05) is 0 Å². The molecule has 132 valence electrons. The van der Waals surface area contributed by atoms with Gasteiger partial charge >= 0.3 is 5.97 Å². The minimum Gasteiger partial charge on any atom is -0.494 e. The van der Waals surface area contributed by atoms with E-state index < -0.39 is 27.8 Å². The Labute approximate surface area is 144 Å². The zero-order chi connectivity index (χ0) is 18.1. The lowest BCUT2D eigenvalue weighted by Crippen LogP contribution is -2.31. The van der Waals surface area contributed by atoms with Gasteiger partial charge in [0.25, 0.3) is 5.91 Å². The van der Waals surface area contributed by atoms with E-state index >= 15 is 0 Å². The smallest absolute Gasteiger partial charge is 0.307 e. The van der Waals surface area contributed by atoms with Crippen molar-refractivity contribution in [3.05, 3.63) is 22.7 Å². The van der Waals surface area contributed by atoms with Crippen molar-refractivity contribution in [1.82, 2.24) is 9.62 Å². The fraction of sp³-hybridized carbons (Fsp3) is 0.429. The molecule has 1 aliphatic rings. The fourth-order valence-corrected chi connectivity index (χ4v) is 4.55. The zero-order valence-corrected chi connectivity index (χ0v) is 14.6. The highest BCUT2D eigenvalue weighted by Gasteiger charge is 2.38. The Kier molecular flexibility index (Phi) is 5.36. The Morgan fingerprint density at radius 1 is 1.42 bits per heavy atom. The molecule has 1 saturated heterocycles. The van der Waals surface area contributed by atoms with Gasteiger partial charge in [-0.2, -0.15) is 4.31 Å². The van der Waals surface area contributed by atoms with Crippen molar-refractivity contribution in [3.63, 3.8) is 0 Å². The number of aliphatic carboxylic acids is 1. The predicted octanol–water partition coefficient (Wildman–Crippen LogP) is 0.803. The van der Waals surface area contributed by atoms with E-state index in [1.54, 1.807) is 0 Å². The number of halogens is 1. The molecule has 24 heavy (non-hydrogen) atoms. The zero-order valence-electron chi connectivity index (χ0n) is 13.1. The molecule has 1 aromatic rings. The highest BCUT2D eigenvalue weighted by molar-refractivity contribution is 7.89. The molecule has 1 unspecified atom stereocenters. The maximum absolute atomic E-state index is 12.9. The minimum atomic E-state index is -4.05. The molecule has 2 N–H and O–H groups in total. The largest absolute Gasteiger partial charge is 0.494 e. The first-order chi connectivity index (χ1) is 11.2. The lowest BCUT2D eigenvalue weighted by Gasteiger charge is -2.19. The number of carbonyl (C=O) groups excluding carboxylic acids is 1. The molecular weight excluding hydrogens is 360 g/mol. The number of amides is 1. The Bertz CT molecular complexity index is 780. The number of methoxy groups -OCH3 is 1. The van der Waals surface area contributed by atoms with E-state index in [-0.39, 0.29) is 40.7 Å². The molecule has 1 fully saturated rings. The van der Waals surface area contributed by atoms with Gasteiger partial charge in [-0.3, -0.25) is 9.59 Å². The molecule has 1 aromatic carbocycles. The molecule has 0 aromatic heterocycles. The molecule has 1 heterocycles. The van der Waals surface area contributed by atoms with Crippen LogP contribution in [0.15, 0.2) is 17.0 Å². The first-order valence-corrected chi connectivity index (χ1v) is 8.86. The first-order valence-electron chi connectivity index (χ1n) is 7.05. The summed E-state index contributed by atoms with van der Waals surface area (Å²) in [5.41, 5.74) is -0.0138. The second kappa shape index (κ2) is 6.96. The number of nitrogens with zero attached hydrogens (tertiary/aromatic N) is 1. The monoisotopic (exact) mass is 376 g/mol. The van der Waals surface area contributed by atoms with Crippen LogP contribution in [0.1, 0.15) is 16.8 Å². The summed E-state index contributed by atoms with van der Waals surface area (Å²) in [6.45, 7) is -0.0626. The number of nitrogens with one attached hydrogen (secondary N) is 1. The van der Waals surface area contributed by atoms with Crippen molar-refractivity contribution in [3.8, 4) is 5.75 Å². The fourth-order valence-electron chi connectivity index (χ4n) is 2.56. The Hall–Kier alpha value is -1.84. The van der Waals surface area contributed by atoms with E-state index in [9.17, 15) is 18.0 Å². The van der Waals surface area contributed by atoms with Gasteiger partial charge in [-0.1, -0.05) is 11.6 Å². The van der Waals surface area contributed by atoms with Gasteiger partial charge in [-0.15, -0.1) is 0 Å². The van der Waals surface area contributed by atoms with Gasteiger partial charge in [0.05, 0.1) is 18.6 Å². The molecule has 1 aliphatic heterocycles. The molecule has 0 bridgehead atoms. The van der Waals surface area contributed by atoms with Crippen LogP contribution in [-0.4, -0.2) is 57.0 Å². The van der Waals surface area contributed by atoms with Crippen molar-refractivity contribution in [2.75, 3.05) is 27.2 Å². The summed E-state index contributed by atoms with van der Waals surface area (Å²) >= 11 is 5.96. The average molecular weight is 377 g/mol. The second-order valence-corrected chi connectivity index (χ2v) is 7.59. The van der Waals surface area contributed by atoms with Crippen LogP contribution in [0.25, 0.3) is 0 Å². The number of carbonyl (C=O) groups is 2.